The Kier molecular flexibility index (Phi) is 5.10. The van der Waals surface area contributed by atoms with Crippen LogP contribution in [0.4, 0.5) is 30.6 Å². The summed E-state index contributed by atoms with van der Waals surface area (Å²) in [4.78, 5) is 17.1. The van der Waals surface area contributed by atoms with Crippen molar-refractivity contribution in [1.29, 1.82) is 0 Å². The fourth-order valence-electron chi connectivity index (χ4n) is 4.38. The maximum absolute atomic E-state index is 13.7. The molecule has 1 unspecified atom stereocenters. The third-order valence-electron chi connectivity index (χ3n) is 5.84. The third-order valence-corrected chi connectivity index (χ3v) is 7.23. The molecule has 8 nitrogen and oxygen atoms in total. The molecule has 12 heteroatoms. The van der Waals surface area contributed by atoms with Crippen LogP contribution in [0.2, 0.25) is 0 Å². The lowest BCUT2D eigenvalue weighted by molar-refractivity contribution is -0.137. The van der Waals surface area contributed by atoms with Crippen molar-refractivity contribution in [3.05, 3.63) is 23.4 Å². The van der Waals surface area contributed by atoms with Crippen LogP contribution in [0.5, 0.6) is 0 Å². The van der Waals surface area contributed by atoms with Gasteiger partial charge in [0, 0.05) is 31.3 Å². The SMILES string of the molecule is Nc1cc(C(F)(F)F)c(-c2nc(N3CCOCC3)c3c(n2)N2CC[S+]([O-])C[C@H]2C3)cn1. The Morgan fingerprint density at radius 2 is 1.90 bits per heavy atom. The zero-order valence-electron chi connectivity index (χ0n) is 16.6. The molecule has 0 aromatic carbocycles. The van der Waals surface area contributed by atoms with Gasteiger partial charge in [-0.2, -0.15) is 13.2 Å². The average Bonchev–Trinajstić information content (AvgIpc) is 3.10. The summed E-state index contributed by atoms with van der Waals surface area (Å²) in [6.07, 6.45) is -2.92. The van der Waals surface area contributed by atoms with Crippen molar-refractivity contribution in [3.8, 4) is 11.4 Å². The standard InChI is InChI=1S/C19H21F3N6O2S/c20-19(21,22)14-8-15(23)24-9-13(14)16-25-17(27-1-4-30-5-2-27)12-7-11-10-31(29)6-3-28(11)18(12)26-16/h8-9,11H,1-7,10H2,(H2,23,24)/t11-,31?/m1/s1. The molecule has 2 aromatic rings. The molecule has 31 heavy (non-hydrogen) atoms. The largest absolute Gasteiger partial charge is 0.616 e. The lowest BCUT2D eigenvalue weighted by Crippen LogP contribution is -2.46. The Morgan fingerprint density at radius 3 is 2.65 bits per heavy atom. The number of nitrogens with two attached hydrogens (primary N) is 1. The van der Waals surface area contributed by atoms with Crippen molar-refractivity contribution in [2.24, 2.45) is 0 Å². The molecular weight excluding hydrogens is 433 g/mol. The molecule has 0 radical (unpaired) electrons. The number of alkyl halides is 3. The van der Waals surface area contributed by atoms with Crippen molar-refractivity contribution in [1.82, 2.24) is 15.0 Å². The van der Waals surface area contributed by atoms with Crippen molar-refractivity contribution in [2.45, 2.75) is 18.6 Å². The van der Waals surface area contributed by atoms with Crippen LogP contribution in [0.1, 0.15) is 11.1 Å². The van der Waals surface area contributed by atoms with Crippen LogP contribution in [-0.2, 0) is 28.5 Å². The van der Waals surface area contributed by atoms with Crippen molar-refractivity contribution < 1.29 is 22.5 Å². The van der Waals surface area contributed by atoms with E-state index in [0.29, 0.717) is 62.4 Å². The smallest absolute Gasteiger partial charge is 0.417 e. The van der Waals surface area contributed by atoms with E-state index in [1.807, 2.05) is 4.90 Å². The van der Waals surface area contributed by atoms with Crippen LogP contribution in [0.25, 0.3) is 11.4 Å². The monoisotopic (exact) mass is 454 g/mol. The first-order chi connectivity index (χ1) is 14.8. The number of halogens is 3. The molecule has 0 saturated carbocycles. The number of anilines is 3. The van der Waals surface area contributed by atoms with E-state index in [1.54, 1.807) is 0 Å². The average molecular weight is 454 g/mol. The van der Waals surface area contributed by atoms with Gasteiger partial charge in [-0.1, -0.05) is 0 Å². The van der Waals surface area contributed by atoms with E-state index < -0.39 is 22.9 Å². The van der Waals surface area contributed by atoms with Gasteiger partial charge in [0.25, 0.3) is 0 Å². The molecular formula is C19H21F3N6O2S. The Bertz CT molecular complexity index is 1000. The summed E-state index contributed by atoms with van der Waals surface area (Å²) in [6.45, 7) is 2.76. The molecule has 2 N–H and O–H groups in total. The number of pyridine rings is 1. The van der Waals surface area contributed by atoms with Crippen LogP contribution in [0, 0.1) is 0 Å². The Labute approximate surface area is 179 Å². The molecule has 0 amide bonds. The van der Waals surface area contributed by atoms with Gasteiger partial charge in [-0.25, -0.2) is 15.0 Å². The summed E-state index contributed by atoms with van der Waals surface area (Å²) in [5, 5.41) is 0. The zero-order valence-corrected chi connectivity index (χ0v) is 17.4. The predicted octanol–water partition coefficient (Wildman–Crippen LogP) is 1.47. The van der Waals surface area contributed by atoms with Gasteiger partial charge in [-0.05, 0) is 17.2 Å². The van der Waals surface area contributed by atoms with Crippen LogP contribution in [0.15, 0.2) is 12.3 Å². The topological polar surface area (TPSA) is 103 Å². The maximum Gasteiger partial charge on any atom is 0.417 e. The fraction of sp³-hybridized carbons (Fsp3) is 0.526. The summed E-state index contributed by atoms with van der Waals surface area (Å²) in [7, 11) is 0. The fourth-order valence-corrected chi connectivity index (χ4v) is 5.67. The van der Waals surface area contributed by atoms with Gasteiger partial charge < -0.3 is 24.8 Å². The van der Waals surface area contributed by atoms with Crippen molar-refractivity contribution in [3.63, 3.8) is 0 Å². The number of ether oxygens (including phenoxy) is 1. The van der Waals surface area contributed by atoms with E-state index in [-0.39, 0.29) is 23.2 Å². The Balaban J connectivity index is 1.66. The van der Waals surface area contributed by atoms with E-state index >= 15 is 0 Å². The number of nitrogens with zero attached hydrogens (tertiary/aromatic N) is 5. The predicted molar refractivity (Wildman–Crippen MR) is 110 cm³/mol. The number of morpholine rings is 1. The Hall–Kier alpha value is -2.31. The summed E-state index contributed by atoms with van der Waals surface area (Å²) >= 11 is -0.906. The maximum atomic E-state index is 13.7. The molecule has 2 fully saturated rings. The number of hydrogen-bond donors (Lipinski definition) is 1. The molecule has 3 aliphatic rings. The van der Waals surface area contributed by atoms with Crippen molar-refractivity contribution in [2.75, 3.05) is 59.9 Å². The summed E-state index contributed by atoms with van der Waals surface area (Å²) in [6, 6.07) is 0.827. The summed E-state index contributed by atoms with van der Waals surface area (Å²) in [5.41, 5.74) is 5.30. The van der Waals surface area contributed by atoms with E-state index in [2.05, 4.69) is 19.9 Å². The normalized spacial score (nSPS) is 23.6. The molecule has 5 rings (SSSR count). The van der Waals surface area contributed by atoms with E-state index in [1.165, 1.54) is 0 Å². The highest BCUT2D eigenvalue weighted by Gasteiger charge is 2.42. The van der Waals surface area contributed by atoms with E-state index in [0.717, 1.165) is 17.8 Å². The highest BCUT2D eigenvalue weighted by atomic mass is 32.2. The second-order valence-electron chi connectivity index (χ2n) is 7.79. The lowest BCUT2D eigenvalue weighted by Gasteiger charge is -2.32. The molecule has 0 spiro atoms. The molecule has 2 atom stereocenters. The molecule has 166 valence electrons. The summed E-state index contributed by atoms with van der Waals surface area (Å²) < 4.78 is 58.8. The van der Waals surface area contributed by atoms with Crippen LogP contribution in [-0.4, -0.2) is 69.9 Å². The van der Waals surface area contributed by atoms with E-state index in [9.17, 15) is 17.7 Å². The van der Waals surface area contributed by atoms with Gasteiger partial charge >= 0.3 is 6.18 Å². The quantitative estimate of drug-likeness (QED) is 0.681. The minimum atomic E-state index is -4.63. The second kappa shape index (κ2) is 7.68. The minimum Gasteiger partial charge on any atom is -0.616 e. The highest BCUT2D eigenvalue weighted by Crippen LogP contribution is 2.42. The molecule has 3 aliphatic heterocycles. The Morgan fingerprint density at radius 1 is 1.16 bits per heavy atom. The van der Waals surface area contributed by atoms with Gasteiger partial charge in [-0.3, -0.25) is 0 Å². The number of aromatic nitrogens is 3. The minimum absolute atomic E-state index is 0.0144. The van der Waals surface area contributed by atoms with Gasteiger partial charge in [0.2, 0.25) is 0 Å². The van der Waals surface area contributed by atoms with Gasteiger partial charge in [0.05, 0.1) is 36.9 Å². The van der Waals surface area contributed by atoms with Gasteiger partial charge in [0.15, 0.2) is 5.82 Å². The lowest BCUT2D eigenvalue weighted by atomic mass is 10.1. The van der Waals surface area contributed by atoms with Crippen molar-refractivity contribution >= 4 is 28.6 Å². The number of fused-ring (bicyclic) bond motifs is 3. The first-order valence-corrected chi connectivity index (χ1v) is 11.5. The number of hydrogen-bond acceptors (Lipinski definition) is 8. The van der Waals surface area contributed by atoms with Crippen LogP contribution >= 0.6 is 0 Å². The molecule has 0 aliphatic carbocycles. The highest BCUT2D eigenvalue weighted by molar-refractivity contribution is 7.91. The van der Waals surface area contributed by atoms with Gasteiger partial charge in [-0.15, -0.1) is 0 Å². The molecule has 5 heterocycles. The van der Waals surface area contributed by atoms with E-state index in [4.69, 9.17) is 10.5 Å². The third kappa shape index (κ3) is 3.76. The molecule has 2 saturated heterocycles. The second-order valence-corrected chi connectivity index (χ2v) is 9.41. The number of nitrogen functional groups attached to an aromatic ring is 1. The first kappa shape index (κ1) is 20.6. The van der Waals surface area contributed by atoms with Gasteiger partial charge in [0.1, 0.15) is 29.0 Å². The van der Waals surface area contributed by atoms with Crippen LogP contribution < -0.4 is 15.5 Å². The number of rotatable bonds is 2. The summed E-state index contributed by atoms with van der Waals surface area (Å²) in [5.74, 6) is 2.02. The molecule has 2 aromatic heterocycles. The zero-order chi connectivity index (χ0) is 21.8. The first-order valence-electron chi connectivity index (χ1n) is 9.99. The van der Waals surface area contributed by atoms with Crippen LogP contribution in [0.3, 0.4) is 0 Å². The molecule has 0 bridgehead atoms.